The van der Waals surface area contributed by atoms with Crippen LogP contribution in [0.1, 0.15) is 19.3 Å². The van der Waals surface area contributed by atoms with E-state index in [1.165, 1.54) is 5.56 Å². The molecule has 5 aromatic rings. The number of amides is 1. The Hall–Kier alpha value is -3.38. The smallest absolute Gasteiger partial charge is 0.225 e. The molecule has 1 atom stereocenters. The Kier molecular flexibility index (Phi) is 5.24. The lowest BCUT2D eigenvalue weighted by molar-refractivity contribution is -0.131. The van der Waals surface area contributed by atoms with Gasteiger partial charge in [-0.3, -0.25) is 4.79 Å². The summed E-state index contributed by atoms with van der Waals surface area (Å²) in [5.74, 6) is 2.06. The van der Waals surface area contributed by atoms with Crippen molar-refractivity contribution in [1.82, 2.24) is 14.5 Å². The number of imidazole rings is 1. The molecule has 1 aliphatic carbocycles. The molecule has 6 heteroatoms. The number of benzene rings is 3. The minimum Gasteiger partial charge on any atom is -0.464 e. The van der Waals surface area contributed by atoms with Crippen LogP contribution >= 0.6 is 15.9 Å². The summed E-state index contributed by atoms with van der Waals surface area (Å²) in [7, 11) is 0. The van der Waals surface area contributed by atoms with Gasteiger partial charge < -0.3 is 13.9 Å². The summed E-state index contributed by atoms with van der Waals surface area (Å²) in [6.07, 6.45) is 4.90. The van der Waals surface area contributed by atoms with Gasteiger partial charge in [0.2, 0.25) is 5.91 Å². The van der Waals surface area contributed by atoms with Gasteiger partial charge in [-0.05, 0) is 72.7 Å². The van der Waals surface area contributed by atoms with Crippen LogP contribution in [0, 0.1) is 11.8 Å². The number of hydrogen-bond donors (Lipinski definition) is 0. The first kappa shape index (κ1) is 21.9. The van der Waals surface area contributed by atoms with E-state index in [2.05, 4.69) is 73.9 Å². The number of fused-ring (bicyclic) bond motifs is 2. The SMILES string of the molecule is O=C(C1CC1)N1CC[C@@H](Cn2c(-c3ccc(-c4ccc5occc5c4)cc3)nc3ccc(Br)cc32)C1. The van der Waals surface area contributed by atoms with Crippen LogP contribution in [0.4, 0.5) is 0 Å². The number of carbonyl (C=O) groups excluding carboxylic acids is 1. The van der Waals surface area contributed by atoms with Gasteiger partial charge in [-0.15, -0.1) is 0 Å². The van der Waals surface area contributed by atoms with E-state index in [-0.39, 0.29) is 5.92 Å². The topological polar surface area (TPSA) is 51.3 Å². The first-order valence-electron chi connectivity index (χ1n) is 12.6. The molecule has 3 heterocycles. The molecule has 0 radical (unpaired) electrons. The van der Waals surface area contributed by atoms with Gasteiger partial charge in [0.1, 0.15) is 11.4 Å². The number of nitrogens with zero attached hydrogens (tertiary/aromatic N) is 3. The summed E-state index contributed by atoms with van der Waals surface area (Å²) in [6.45, 7) is 2.58. The van der Waals surface area contributed by atoms with Crippen molar-refractivity contribution in [2.75, 3.05) is 13.1 Å². The number of aromatic nitrogens is 2. The van der Waals surface area contributed by atoms with Gasteiger partial charge in [-0.1, -0.05) is 46.3 Å². The highest BCUT2D eigenvalue weighted by Crippen LogP contribution is 2.35. The molecule has 180 valence electrons. The molecule has 1 amide bonds. The summed E-state index contributed by atoms with van der Waals surface area (Å²) >= 11 is 3.65. The monoisotopic (exact) mass is 539 g/mol. The van der Waals surface area contributed by atoms with E-state index >= 15 is 0 Å². The Morgan fingerprint density at radius 2 is 1.75 bits per heavy atom. The third-order valence-electron chi connectivity index (χ3n) is 7.60. The number of rotatable bonds is 5. The molecule has 0 bridgehead atoms. The van der Waals surface area contributed by atoms with E-state index < -0.39 is 0 Å². The highest BCUT2D eigenvalue weighted by molar-refractivity contribution is 9.10. The number of furan rings is 1. The first-order chi connectivity index (χ1) is 17.6. The predicted octanol–water partition coefficient (Wildman–Crippen LogP) is 7.14. The standard InChI is InChI=1S/C30H26BrN3O2/c31-25-8-9-26-27(16-25)34(18-19-11-13-33(17-19)30(35)22-5-6-22)29(32-26)21-3-1-20(2-4-21)23-7-10-28-24(15-23)12-14-36-28/h1-4,7-10,12,14-16,19,22H,5-6,11,13,17-18H2/t19-/m1/s1. The minimum atomic E-state index is 0.289. The summed E-state index contributed by atoms with van der Waals surface area (Å²) in [6, 6.07) is 23.2. The van der Waals surface area contributed by atoms with E-state index in [0.29, 0.717) is 11.8 Å². The van der Waals surface area contributed by atoms with Gasteiger partial charge in [-0.25, -0.2) is 4.98 Å². The molecule has 2 aliphatic rings. The van der Waals surface area contributed by atoms with Gasteiger partial charge in [0.25, 0.3) is 0 Å². The number of hydrogen-bond acceptors (Lipinski definition) is 3. The van der Waals surface area contributed by atoms with Crippen LogP contribution in [0.2, 0.25) is 0 Å². The van der Waals surface area contributed by atoms with Crippen molar-refractivity contribution in [2.45, 2.75) is 25.8 Å². The van der Waals surface area contributed by atoms with Crippen molar-refractivity contribution in [3.05, 3.63) is 77.5 Å². The van der Waals surface area contributed by atoms with Crippen LogP contribution in [0.5, 0.6) is 0 Å². The fourth-order valence-corrected chi connectivity index (χ4v) is 5.84. The highest BCUT2D eigenvalue weighted by Gasteiger charge is 2.36. The van der Waals surface area contributed by atoms with Gasteiger partial charge in [0.05, 0.1) is 17.3 Å². The molecule has 5 nitrogen and oxygen atoms in total. The van der Waals surface area contributed by atoms with E-state index in [9.17, 15) is 4.79 Å². The molecule has 2 aromatic heterocycles. The fraction of sp³-hybridized carbons (Fsp3) is 0.267. The van der Waals surface area contributed by atoms with Gasteiger partial charge in [0, 0.05) is 41.0 Å². The molecule has 0 unspecified atom stereocenters. The molecule has 3 aromatic carbocycles. The van der Waals surface area contributed by atoms with Crippen molar-refractivity contribution in [1.29, 1.82) is 0 Å². The van der Waals surface area contributed by atoms with Gasteiger partial charge in [-0.2, -0.15) is 0 Å². The average molecular weight is 540 g/mol. The molecule has 7 rings (SSSR count). The van der Waals surface area contributed by atoms with Crippen molar-refractivity contribution in [3.8, 4) is 22.5 Å². The molecule has 2 fully saturated rings. The molecule has 1 saturated carbocycles. The molecular formula is C30H26BrN3O2. The van der Waals surface area contributed by atoms with E-state index in [0.717, 1.165) is 82.3 Å². The lowest BCUT2D eigenvalue weighted by Gasteiger charge is -2.18. The third kappa shape index (κ3) is 3.94. The maximum atomic E-state index is 12.6. The molecular weight excluding hydrogens is 514 g/mol. The van der Waals surface area contributed by atoms with Crippen LogP contribution in [0.3, 0.4) is 0 Å². The lowest BCUT2D eigenvalue weighted by atomic mass is 10.0. The Balaban J connectivity index is 1.21. The largest absolute Gasteiger partial charge is 0.464 e. The zero-order chi connectivity index (χ0) is 24.2. The normalized spacial score (nSPS) is 17.9. The predicted molar refractivity (Wildman–Crippen MR) is 145 cm³/mol. The first-order valence-corrected chi connectivity index (χ1v) is 13.4. The number of likely N-dealkylation sites (tertiary alicyclic amines) is 1. The summed E-state index contributed by atoms with van der Waals surface area (Å²) < 4.78 is 8.88. The molecule has 1 saturated heterocycles. The Morgan fingerprint density at radius 3 is 2.58 bits per heavy atom. The lowest BCUT2D eigenvalue weighted by Crippen LogP contribution is -2.30. The second-order valence-corrected chi connectivity index (χ2v) is 11.1. The minimum absolute atomic E-state index is 0.289. The average Bonchev–Trinajstić information content (AvgIpc) is 3.30. The highest BCUT2D eigenvalue weighted by atomic mass is 79.9. The van der Waals surface area contributed by atoms with E-state index in [1.54, 1.807) is 6.26 Å². The van der Waals surface area contributed by atoms with Gasteiger partial charge >= 0.3 is 0 Å². The van der Waals surface area contributed by atoms with Crippen molar-refractivity contribution in [3.63, 3.8) is 0 Å². The second-order valence-electron chi connectivity index (χ2n) is 10.1. The van der Waals surface area contributed by atoms with Crippen molar-refractivity contribution in [2.24, 2.45) is 11.8 Å². The molecule has 1 aliphatic heterocycles. The van der Waals surface area contributed by atoms with Crippen LogP contribution in [-0.4, -0.2) is 33.4 Å². The van der Waals surface area contributed by atoms with Crippen LogP contribution in [0.15, 0.2) is 81.9 Å². The van der Waals surface area contributed by atoms with Crippen molar-refractivity contribution < 1.29 is 9.21 Å². The van der Waals surface area contributed by atoms with Crippen LogP contribution in [0.25, 0.3) is 44.5 Å². The van der Waals surface area contributed by atoms with Gasteiger partial charge in [0.15, 0.2) is 0 Å². The zero-order valence-electron chi connectivity index (χ0n) is 19.9. The van der Waals surface area contributed by atoms with Crippen molar-refractivity contribution >= 4 is 43.8 Å². The Bertz CT molecular complexity index is 1600. The summed E-state index contributed by atoms with van der Waals surface area (Å²) in [5.41, 5.74) is 6.45. The maximum absolute atomic E-state index is 12.6. The second kappa shape index (κ2) is 8.63. The molecule has 36 heavy (non-hydrogen) atoms. The van der Waals surface area contributed by atoms with E-state index in [1.807, 2.05) is 18.2 Å². The fourth-order valence-electron chi connectivity index (χ4n) is 5.49. The zero-order valence-corrected chi connectivity index (χ0v) is 21.4. The molecule has 0 spiro atoms. The van der Waals surface area contributed by atoms with E-state index in [4.69, 9.17) is 9.40 Å². The summed E-state index contributed by atoms with van der Waals surface area (Å²) in [4.78, 5) is 19.7. The number of carbonyl (C=O) groups is 1. The van der Waals surface area contributed by atoms with Crippen LogP contribution < -0.4 is 0 Å². The number of halogens is 1. The third-order valence-corrected chi connectivity index (χ3v) is 8.10. The Morgan fingerprint density at radius 1 is 0.944 bits per heavy atom. The quantitative estimate of drug-likeness (QED) is 0.238. The Labute approximate surface area is 217 Å². The molecule has 0 N–H and O–H groups in total. The van der Waals surface area contributed by atoms with Crippen LogP contribution in [-0.2, 0) is 11.3 Å². The summed E-state index contributed by atoms with van der Waals surface area (Å²) in [5, 5.41) is 1.11. The maximum Gasteiger partial charge on any atom is 0.225 e.